The maximum absolute atomic E-state index is 13.9. The molecule has 0 aromatic heterocycles. The van der Waals surface area contributed by atoms with E-state index in [1.54, 1.807) is 48.5 Å². The fraction of sp³-hybridized carbons (Fsp3) is 0.167. The van der Waals surface area contributed by atoms with Gasteiger partial charge in [-0.25, -0.2) is 8.42 Å². The molecule has 4 rings (SSSR count). The predicted molar refractivity (Wildman–Crippen MR) is 144 cm³/mol. The molecule has 36 heavy (non-hydrogen) atoms. The number of rotatable bonds is 9. The Morgan fingerprint density at radius 2 is 1.39 bits per heavy atom. The number of sulfonamides is 1. The Morgan fingerprint density at radius 1 is 0.806 bits per heavy atom. The first-order valence-corrected chi connectivity index (χ1v) is 13.4. The highest BCUT2D eigenvalue weighted by Crippen LogP contribution is 2.30. The van der Waals surface area contributed by atoms with Gasteiger partial charge in [0.1, 0.15) is 0 Å². The largest absolute Gasteiger partial charge is 0.345 e. The maximum Gasteiger partial charge on any atom is 0.264 e. The van der Waals surface area contributed by atoms with Gasteiger partial charge in [-0.1, -0.05) is 97.4 Å². The zero-order valence-electron chi connectivity index (χ0n) is 20.5. The summed E-state index contributed by atoms with van der Waals surface area (Å²) >= 11 is 0. The molecular weight excluding hydrogens is 468 g/mol. The Labute approximate surface area is 213 Å². The average molecular weight is 499 g/mol. The molecule has 1 atom stereocenters. The Kier molecular flexibility index (Phi) is 7.86. The van der Waals surface area contributed by atoms with Crippen molar-refractivity contribution < 1.29 is 13.2 Å². The minimum absolute atomic E-state index is 0.0945. The monoisotopic (exact) mass is 498 g/mol. The van der Waals surface area contributed by atoms with Gasteiger partial charge in [0.25, 0.3) is 15.9 Å². The molecule has 0 heterocycles. The van der Waals surface area contributed by atoms with E-state index in [0.29, 0.717) is 17.7 Å². The van der Waals surface area contributed by atoms with Crippen LogP contribution in [-0.4, -0.2) is 14.3 Å². The van der Waals surface area contributed by atoms with Crippen LogP contribution < -0.4 is 9.62 Å². The van der Waals surface area contributed by atoms with Crippen LogP contribution in [0.2, 0.25) is 0 Å². The van der Waals surface area contributed by atoms with Crippen molar-refractivity contribution in [3.63, 3.8) is 0 Å². The van der Waals surface area contributed by atoms with Crippen LogP contribution in [0.1, 0.15) is 46.4 Å². The van der Waals surface area contributed by atoms with Crippen molar-refractivity contribution >= 4 is 21.6 Å². The number of anilines is 1. The van der Waals surface area contributed by atoms with Crippen molar-refractivity contribution in [1.82, 2.24) is 5.32 Å². The molecule has 5 nitrogen and oxygen atoms in total. The van der Waals surface area contributed by atoms with Crippen molar-refractivity contribution in [2.75, 3.05) is 4.31 Å². The number of amides is 1. The molecule has 1 amide bonds. The van der Waals surface area contributed by atoms with Crippen molar-refractivity contribution in [1.29, 1.82) is 0 Å². The van der Waals surface area contributed by atoms with Gasteiger partial charge in [-0.05, 0) is 48.7 Å². The van der Waals surface area contributed by atoms with E-state index < -0.39 is 10.0 Å². The number of hydrogen-bond donors (Lipinski definition) is 1. The molecule has 0 aliphatic carbocycles. The second kappa shape index (κ2) is 11.2. The summed E-state index contributed by atoms with van der Waals surface area (Å²) in [6, 6.07) is 32.6. The summed E-state index contributed by atoms with van der Waals surface area (Å²) in [5.41, 5.74) is 3.43. The number of para-hydroxylation sites is 1. The lowest BCUT2D eigenvalue weighted by Gasteiger charge is -2.27. The second-order valence-corrected chi connectivity index (χ2v) is 10.5. The second-order valence-electron chi connectivity index (χ2n) is 8.67. The van der Waals surface area contributed by atoms with Crippen molar-refractivity contribution in [3.05, 3.63) is 131 Å². The van der Waals surface area contributed by atoms with Crippen LogP contribution >= 0.6 is 0 Å². The van der Waals surface area contributed by atoms with Crippen molar-refractivity contribution in [2.45, 2.75) is 37.8 Å². The minimum Gasteiger partial charge on any atom is -0.345 e. The van der Waals surface area contributed by atoms with Crippen molar-refractivity contribution in [2.24, 2.45) is 0 Å². The third-order valence-electron chi connectivity index (χ3n) is 6.11. The molecule has 0 unspecified atom stereocenters. The molecule has 0 fully saturated rings. The van der Waals surface area contributed by atoms with E-state index in [-0.39, 0.29) is 23.4 Å². The molecule has 6 heteroatoms. The van der Waals surface area contributed by atoms with Crippen LogP contribution in [-0.2, 0) is 16.6 Å². The molecule has 184 valence electrons. The Balaban J connectivity index is 1.76. The molecule has 1 N–H and O–H groups in total. The van der Waals surface area contributed by atoms with E-state index in [2.05, 4.69) is 5.32 Å². The molecule has 0 aliphatic rings. The summed E-state index contributed by atoms with van der Waals surface area (Å²) in [5.74, 6) is -0.321. The summed E-state index contributed by atoms with van der Waals surface area (Å²) in [6.07, 6.45) is 0.702. The number of carbonyl (C=O) groups is 1. The van der Waals surface area contributed by atoms with Crippen LogP contribution in [0.4, 0.5) is 5.69 Å². The number of benzene rings is 4. The van der Waals surface area contributed by atoms with Gasteiger partial charge in [-0.3, -0.25) is 9.10 Å². The number of nitrogens with zero attached hydrogens (tertiary/aromatic N) is 1. The van der Waals surface area contributed by atoms with Gasteiger partial charge < -0.3 is 5.32 Å². The summed E-state index contributed by atoms with van der Waals surface area (Å²) in [6.45, 7) is 4.01. The zero-order valence-corrected chi connectivity index (χ0v) is 21.3. The molecule has 0 spiro atoms. The van der Waals surface area contributed by atoms with Crippen LogP contribution in [0.3, 0.4) is 0 Å². The number of hydrogen-bond acceptors (Lipinski definition) is 3. The van der Waals surface area contributed by atoms with Gasteiger partial charge in [-0.2, -0.15) is 0 Å². The lowest BCUT2D eigenvalue weighted by atomic mass is 10.0. The first-order chi connectivity index (χ1) is 17.4. The molecule has 4 aromatic rings. The quantitative estimate of drug-likeness (QED) is 0.296. The molecule has 0 saturated carbocycles. The summed E-state index contributed by atoms with van der Waals surface area (Å²) in [5, 5.41) is 3.10. The highest BCUT2D eigenvalue weighted by atomic mass is 32.2. The van der Waals surface area contributed by atoms with Crippen LogP contribution in [0.25, 0.3) is 0 Å². The molecule has 0 bridgehead atoms. The number of carbonyl (C=O) groups excluding carboxylic acids is 1. The van der Waals surface area contributed by atoms with Crippen LogP contribution in [0.15, 0.2) is 114 Å². The Hall–Kier alpha value is -3.90. The van der Waals surface area contributed by atoms with Gasteiger partial charge in [0.2, 0.25) is 0 Å². The molecule has 0 saturated heterocycles. The molecule has 0 aliphatic heterocycles. The fourth-order valence-corrected chi connectivity index (χ4v) is 5.58. The highest BCUT2D eigenvalue weighted by Gasteiger charge is 2.29. The predicted octanol–water partition coefficient (Wildman–Crippen LogP) is 6.27. The third-order valence-corrected chi connectivity index (χ3v) is 7.88. The van der Waals surface area contributed by atoms with E-state index in [0.717, 1.165) is 16.7 Å². The average Bonchev–Trinajstić information content (AvgIpc) is 2.91. The first kappa shape index (κ1) is 25.2. The van der Waals surface area contributed by atoms with E-state index >= 15 is 0 Å². The van der Waals surface area contributed by atoms with E-state index in [9.17, 15) is 13.2 Å². The molecule has 4 aromatic carbocycles. The Morgan fingerprint density at radius 3 is 2.03 bits per heavy atom. The summed E-state index contributed by atoms with van der Waals surface area (Å²) in [4.78, 5) is 13.7. The smallest absolute Gasteiger partial charge is 0.264 e. The van der Waals surface area contributed by atoms with Gasteiger partial charge in [0, 0.05) is 0 Å². The number of aryl methyl sites for hydroxylation is 1. The third kappa shape index (κ3) is 5.66. The molecule has 0 radical (unpaired) electrons. The number of nitrogens with one attached hydrogen (secondary N) is 1. The SMILES string of the molecule is CC[C@@H](NC(=O)c1ccccc1N(Cc1ccccc1)S(=O)(=O)c1ccc(C)cc1)c1ccccc1. The van der Waals surface area contributed by atoms with Gasteiger partial charge in [-0.15, -0.1) is 0 Å². The van der Waals surface area contributed by atoms with Crippen LogP contribution in [0, 0.1) is 6.92 Å². The van der Waals surface area contributed by atoms with Crippen molar-refractivity contribution in [3.8, 4) is 0 Å². The zero-order chi connectivity index (χ0) is 25.5. The fourth-order valence-electron chi connectivity index (χ4n) is 4.11. The summed E-state index contributed by atoms with van der Waals surface area (Å²) in [7, 11) is -3.96. The highest BCUT2D eigenvalue weighted by molar-refractivity contribution is 7.92. The Bertz CT molecular complexity index is 1400. The maximum atomic E-state index is 13.9. The van der Waals surface area contributed by atoms with Gasteiger partial charge in [0.05, 0.1) is 28.7 Å². The normalized spacial score (nSPS) is 12.1. The minimum atomic E-state index is -3.96. The van der Waals surface area contributed by atoms with Gasteiger partial charge >= 0.3 is 0 Å². The lowest BCUT2D eigenvalue weighted by Crippen LogP contribution is -2.34. The molecular formula is C30H30N2O3S. The van der Waals surface area contributed by atoms with E-state index in [1.165, 1.54) is 4.31 Å². The lowest BCUT2D eigenvalue weighted by molar-refractivity contribution is 0.0936. The van der Waals surface area contributed by atoms with Crippen LogP contribution in [0.5, 0.6) is 0 Å². The first-order valence-electron chi connectivity index (χ1n) is 12.0. The standard InChI is InChI=1S/C30H30N2O3S/c1-3-28(25-14-8-5-9-15-25)31-30(33)27-16-10-11-17-29(27)32(22-24-12-6-4-7-13-24)36(34,35)26-20-18-23(2)19-21-26/h4-21,28H,3,22H2,1-2H3,(H,31,33)/t28-/m1/s1. The van der Waals surface area contributed by atoms with Gasteiger partial charge in [0.15, 0.2) is 0 Å². The van der Waals surface area contributed by atoms with E-state index in [1.807, 2.05) is 74.5 Å². The topological polar surface area (TPSA) is 66.5 Å². The summed E-state index contributed by atoms with van der Waals surface area (Å²) < 4.78 is 29.2. The van der Waals surface area contributed by atoms with E-state index in [4.69, 9.17) is 0 Å².